The van der Waals surface area contributed by atoms with E-state index in [9.17, 15) is 14.0 Å². The third-order valence-electron chi connectivity index (χ3n) is 7.42. The molecule has 0 radical (unpaired) electrons. The van der Waals surface area contributed by atoms with Gasteiger partial charge < -0.3 is 10.6 Å². The summed E-state index contributed by atoms with van der Waals surface area (Å²) in [4.78, 5) is 40.1. The van der Waals surface area contributed by atoms with Crippen LogP contribution in [-0.4, -0.2) is 42.1 Å². The lowest BCUT2D eigenvalue weighted by Gasteiger charge is -2.39. The van der Waals surface area contributed by atoms with Crippen LogP contribution in [0.25, 0.3) is 22.6 Å². The zero-order valence-electron chi connectivity index (χ0n) is 20.8. The molecule has 2 amide bonds. The van der Waals surface area contributed by atoms with Crippen molar-refractivity contribution in [1.29, 1.82) is 0 Å². The number of carbonyl (C=O) groups is 2. The fraction of sp³-hybridized carbons (Fsp3) is 0.333. The molecule has 0 saturated heterocycles. The molecule has 4 heterocycles. The molecule has 1 aromatic carbocycles. The first-order valence-corrected chi connectivity index (χ1v) is 12.3. The average Bonchev–Trinajstić information content (AvgIpc) is 3.33. The van der Waals surface area contributed by atoms with Crippen molar-refractivity contribution in [3.05, 3.63) is 65.2 Å². The lowest BCUT2D eigenvalue weighted by atomic mass is 9.78. The molecular formula is C27H26FN7O2. The van der Waals surface area contributed by atoms with E-state index >= 15 is 0 Å². The maximum absolute atomic E-state index is 14.4. The summed E-state index contributed by atoms with van der Waals surface area (Å²) in [6.07, 6.45) is 4.45. The highest BCUT2D eigenvalue weighted by molar-refractivity contribution is 6.09. The molecule has 9 nitrogen and oxygen atoms in total. The molecule has 1 fully saturated rings. The van der Waals surface area contributed by atoms with Crippen LogP contribution in [0.5, 0.6) is 0 Å². The Morgan fingerprint density at radius 1 is 1.14 bits per heavy atom. The molecule has 0 bridgehead atoms. The quantitative estimate of drug-likeness (QED) is 0.429. The first kappa shape index (κ1) is 23.2. The lowest BCUT2D eigenvalue weighted by molar-refractivity contribution is -0.119. The van der Waals surface area contributed by atoms with Gasteiger partial charge in [-0.15, -0.1) is 0 Å². The monoisotopic (exact) mass is 499 g/mol. The van der Waals surface area contributed by atoms with Crippen LogP contribution in [-0.2, 0) is 16.8 Å². The number of carbonyl (C=O) groups excluding carboxylic acids is 2. The number of fused-ring (bicyclic) bond motifs is 2. The van der Waals surface area contributed by atoms with E-state index in [1.165, 1.54) is 6.07 Å². The van der Waals surface area contributed by atoms with E-state index in [0.717, 1.165) is 19.3 Å². The van der Waals surface area contributed by atoms with Gasteiger partial charge in [0.1, 0.15) is 23.0 Å². The van der Waals surface area contributed by atoms with Gasteiger partial charge in [-0.2, -0.15) is 5.10 Å². The van der Waals surface area contributed by atoms with E-state index < -0.39 is 5.41 Å². The van der Waals surface area contributed by atoms with Crippen molar-refractivity contribution in [2.24, 2.45) is 0 Å². The Labute approximate surface area is 212 Å². The summed E-state index contributed by atoms with van der Waals surface area (Å²) in [6, 6.07) is 10.1. The summed E-state index contributed by atoms with van der Waals surface area (Å²) < 4.78 is 16.0. The van der Waals surface area contributed by atoms with Crippen LogP contribution in [0, 0.1) is 5.82 Å². The van der Waals surface area contributed by atoms with Crippen molar-refractivity contribution in [2.75, 3.05) is 5.32 Å². The van der Waals surface area contributed by atoms with E-state index in [0.29, 0.717) is 33.7 Å². The van der Waals surface area contributed by atoms with Crippen LogP contribution in [0.1, 0.15) is 61.6 Å². The first-order chi connectivity index (χ1) is 17.7. The summed E-state index contributed by atoms with van der Waals surface area (Å²) in [5.74, 6) is -0.462. The Hall–Kier alpha value is -4.21. The Bertz CT molecular complexity index is 1590. The number of nitrogens with zero attached hydrogens (tertiary/aromatic N) is 5. The summed E-state index contributed by atoms with van der Waals surface area (Å²) in [5.41, 5.74) is 0.725. The van der Waals surface area contributed by atoms with E-state index in [1.807, 2.05) is 13.0 Å². The van der Waals surface area contributed by atoms with Gasteiger partial charge >= 0.3 is 0 Å². The molecule has 3 aromatic heterocycles. The van der Waals surface area contributed by atoms with Gasteiger partial charge in [0.15, 0.2) is 11.5 Å². The zero-order valence-corrected chi connectivity index (χ0v) is 20.8. The highest BCUT2D eigenvalue weighted by Gasteiger charge is 2.45. The van der Waals surface area contributed by atoms with E-state index in [-0.39, 0.29) is 41.2 Å². The normalized spacial score (nSPS) is 17.2. The number of pyridine rings is 1. The van der Waals surface area contributed by atoms with Gasteiger partial charge in [0.05, 0.1) is 17.3 Å². The third kappa shape index (κ3) is 3.75. The van der Waals surface area contributed by atoms with Gasteiger partial charge in [-0.3, -0.25) is 9.59 Å². The molecule has 1 aliphatic carbocycles. The molecule has 37 heavy (non-hydrogen) atoms. The van der Waals surface area contributed by atoms with Gasteiger partial charge in [-0.05, 0) is 58.2 Å². The number of halogens is 1. The van der Waals surface area contributed by atoms with Gasteiger partial charge in [-0.25, -0.2) is 24.0 Å². The summed E-state index contributed by atoms with van der Waals surface area (Å²) >= 11 is 0. The summed E-state index contributed by atoms with van der Waals surface area (Å²) in [7, 11) is 0. The molecule has 0 atom stereocenters. The highest BCUT2D eigenvalue weighted by Crippen LogP contribution is 2.40. The van der Waals surface area contributed by atoms with Gasteiger partial charge in [0, 0.05) is 22.9 Å². The molecule has 188 valence electrons. The second kappa shape index (κ2) is 8.16. The number of rotatable bonds is 5. The second-order valence-corrected chi connectivity index (χ2v) is 10.5. The predicted molar refractivity (Wildman–Crippen MR) is 135 cm³/mol. The maximum atomic E-state index is 14.4. The van der Waals surface area contributed by atoms with Crippen molar-refractivity contribution in [3.63, 3.8) is 0 Å². The Morgan fingerprint density at radius 2 is 1.92 bits per heavy atom. The fourth-order valence-corrected chi connectivity index (χ4v) is 5.03. The largest absolute Gasteiger partial charge is 0.346 e. The number of nitrogens with one attached hydrogen (secondary N) is 2. The molecule has 2 aliphatic rings. The number of amides is 2. The van der Waals surface area contributed by atoms with Crippen LogP contribution in [0.15, 0.2) is 42.6 Å². The predicted octanol–water partition coefficient (Wildman–Crippen LogP) is 3.98. The van der Waals surface area contributed by atoms with E-state index in [2.05, 4.69) is 25.6 Å². The number of aromatic nitrogens is 5. The minimum absolute atomic E-state index is 0.150. The van der Waals surface area contributed by atoms with Crippen LogP contribution in [0.4, 0.5) is 10.2 Å². The smallest absolute Gasteiger partial charge is 0.270 e. The van der Waals surface area contributed by atoms with Crippen molar-refractivity contribution >= 4 is 28.7 Å². The third-order valence-corrected chi connectivity index (χ3v) is 7.42. The average molecular weight is 500 g/mol. The van der Waals surface area contributed by atoms with Crippen molar-refractivity contribution in [2.45, 2.75) is 57.5 Å². The topological polar surface area (TPSA) is 115 Å². The van der Waals surface area contributed by atoms with Crippen LogP contribution < -0.4 is 10.6 Å². The molecule has 10 heteroatoms. The molecule has 0 spiro atoms. The maximum Gasteiger partial charge on any atom is 0.270 e. The molecule has 4 aromatic rings. The lowest BCUT2D eigenvalue weighted by Crippen LogP contribution is -2.51. The van der Waals surface area contributed by atoms with Crippen molar-refractivity contribution in [3.8, 4) is 11.5 Å². The molecule has 2 N–H and O–H groups in total. The Balaban J connectivity index is 1.50. The summed E-state index contributed by atoms with van der Waals surface area (Å²) in [6.45, 7) is 5.67. The first-order valence-electron chi connectivity index (χ1n) is 12.3. The molecule has 1 saturated carbocycles. The zero-order chi connectivity index (χ0) is 25.9. The highest BCUT2D eigenvalue weighted by atomic mass is 19.1. The summed E-state index contributed by atoms with van der Waals surface area (Å²) in [5, 5.41) is 11.3. The van der Waals surface area contributed by atoms with Gasteiger partial charge in [0.25, 0.3) is 5.91 Å². The molecule has 6 rings (SSSR count). The Morgan fingerprint density at radius 3 is 2.65 bits per heavy atom. The molecular weight excluding hydrogens is 473 g/mol. The number of hydrogen-bond donors (Lipinski definition) is 2. The molecule has 0 unspecified atom stereocenters. The van der Waals surface area contributed by atoms with Crippen LogP contribution >= 0.6 is 0 Å². The molecule has 1 aliphatic heterocycles. The number of benzene rings is 1. The van der Waals surface area contributed by atoms with Gasteiger partial charge in [0.2, 0.25) is 5.91 Å². The van der Waals surface area contributed by atoms with Crippen LogP contribution in [0.2, 0.25) is 0 Å². The number of hydrogen-bond acceptors (Lipinski definition) is 6. The standard InChI is InChI=1S/C27H26FN7O2/c1-26(2)18-20(24(36)33-27(3)11-7-12-27)30-22(31-21(18)32-25(26)37)19-16-9-6-13-29-23(16)35(34-19)14-15-8-4-5-10-17(15)28/h4-6,8-10,13H,7,11-12,14H2,1-3H3,(H,33,36)(H,30,31,32,37). The van der Waals surface area contributed by atoms with E-state index in [4.69, 9.17) is 5.10 Å². The van der Waals surface area contributed by atoms with E-state index in [1.54, 1.807) is 49.0 Å². The van der Waals surface area contributed by atoms with Crippen molar-refractivity contribution < 1.29 is 14.0 Å². The van der Waals surface area contributed by atoms with Crippen molar-refractivity contribution in [1.82, 2.24) is 30.0 Å². The second-order valence-electron chi connectivity index (χ2n) is 10.5. The Kier molecular flexibility index (Phi) is 5.11. The number of anilines is 1. The fourth-order valence-electron chi connectivity index (χ4n) is 5.03. The SMILES string of the molecule is CC1(NC(=O)c2nc(-c3nn(Cc4ccccc4F)c4ncccc34)nc3c2C(C)(C)C(=O)N3)CCC1. The van der Waals surface area contributed by atoms with Gasteiger partial charge in [-0.1, -0.05) is 18.2 Å². The minimum Gasteiger partial charge on any atom is -0.346 e. The van der Waals surface area contributed by atoms with Crippen LogP contribution in [0.3, 0.4) is 0 Å². The minimum atomic E-state index is -0.977.